The molecule has 5 aliphatic rings. The van der Waals surface area contributed by atoms with Crippen molar-refractivity contribution in [2.75, 3.05) is 92.0 Å². The molecule has 0 atom stereocenters. The van der Waals surface area contributed by atoms with Crippen LogP contribution >= 0.6 is 50.9 Å². The van der Waals surface area contributed by atoms with Crippen LogP contribution in [0.2, 0.25) is 0 Å². The maximum absolute atomic E-state index is 12.7. The SMILES string of the molecule is CC(C)(C)c1ccc(-c2cc(=O)n3c(n2)NCCC3)cn1.CCOC(=O)CC(=O)c1ccc(C(C)(C)C)nc1.CI.CN1CCCn2c1nc(-c1ccc(C(C)(C)C)nc1)c(Br)c2=O.CN1CCCn2c1nc(-c1ccc(C(C)(C)C)nc1)c(C#N)c2=O.CN1CCCn2c1nc(-c1ccc(C(C)(C)C)nc1)cc2=O.Cl.NC1=NCCCN1.[C-]#N.[Cu+]. The summed E-state index contributed by atoms with van der Waals surface area (Å²) >= 11 is 5.58. The van der Waals surface area contributed by atoms with Gasteiger partial charge in [0.1, 0.15) is 22.5 Å². The van der Waals surface area contributed by atoms with Crippen LogP contribution in [0.4, 0.5) is 23.8 Å². The second kappa shape index (κ2) is 45.1. The van der Waals surface area contributed by atoms with Crippen LogP contribution in [0.25, 0.3) is 45.0 Å². The molecule has 14 rings (SSSR count). The number of nitrogens with two attached hydrogens (primary N) is 1. The molecule has 0 unspecified atom stereocenters. The molecule has 652 valence electrons. The number of anilines is 4. The smallest absolute Gasteiger partial charge is 0.512 e. The minimum absolute atomic E-state index is 0. The molecule has 9 aromatic heterocycles. The predicted molar refractivity (Wildman–Crippen MR) is 491 cm³/mol. The number of aliphatic imine (C=N–C) groups is 1. The van der Waals surface area contributed by atoms with Crippen molar-refractivity contribution in [1.29, 1.82) is 10.5 Å². The summed E-state index contributed by atoms with van der Waals surface area (Å²) in [5.74, 6) is 2.56. The van der Waals surface area contributed by atoms with Crippen LogP contribution in [0.15, 0.2) is 132 Å². The molecular formula is C88H116BrClCuIN22O7. The molecule has 9 aromatic rings. The van der Waals surface area contributed by atoms with E-state index in [4.69, 9.17) is 27.3 Å². The molecule has 0 aliphatic carbocycles. The Morgan fingerprint density at radius 3 is 1.28 bits per heavy atom. The first-order valence-electron chi connectivity index (χ1n) is 39.8. The number of Topliss-reactive ketones (excluding diaryl/α,β-unsaturated/α-hetero) is 1. The first-order chi connectivity index (χ1) is 56.2. The number of ether oxygens (including phenoxy) is 1. The summed E-state index contributed by atoms with van der Waals surface area (Å²) in [5.41, 5.74) is 16.1. The van der Waals surface area contributed by atoms with E-state index in [1.807, 2.05) is 108 Å². The molecule has 0 aromatic carbocycles. The average Bonchev–Trinajstić information content (AvgIpc) is 0.771. The number of aromatic nitrogens is 13. The van der Waals surface area contributed by atoms with Crippen molar-refractivity contribution in [1.82, 2.24) is 68.4 Å². The molecular weight excluding hydrogens is 1780 g/mol. The molecule has 5 aliphatic heterocycles. The topological polar surface area (TPSA) is 367 Å². The summed E-state index contributed by atoms with van der Waals surface area (Å²) in [6.07, 6.45) is 13.3. The van der Waals surface area contributed by atoms with E-state index in [2.05, 4.69) is 198 Å². The molecule has 0 bridgehead atoms. The maximum atomic E-state index is 12.7. The minimum atomic E-state index is -0.498. The summed E-state index contributed by atoms with van der Waals surface area (Å²) in [7, 11) is 5.85. The van der Waals surface area contributed by atoms with Gasteiger partial charge in [0.25, 0.3) is 22.2 Å². The van der Waals surface area contributed by atoms with Gasteiger partial charge in [0.05, 0.1) is 29.4 Å². The summed E-state index contributed by atoms with van der Waals surface area (Å²) in [6.45, 7) is 46.5. The van der Waals surface area contributed by atoms with Crippen molar-refractivity contribution in [3.05, 3.63) is 196 Å². The number of carbonyl (C=O) groups excluding carboxylic acids is 2. The molecule has 29 nitrogen and oxygen atoms in total. The standard InChI is InChI=1S/C18H21N5O.C17H21BrN4O.C17H22N4O.C16H20N4O.C14H19NO3.C4H9N3.CH3I.CN.ClH.Cu/c1-18(2,3)14-7-6-12(11-20-14)15-13(10-19)16(24)23-9-5-8-22(4)17(23)21-15;1-17(2,3)12-7-6-11(10-19-12)14-13(18)15(23)22-9-5-8-21(4)16(22)20-14;1-17(2,3)14-7-6-12(11-18-14)13-10-15(22)21-9-5-8-20(4)16(21)19-13;1-16(2,3)13-6-5-11(10-18-13)12-9-14(21)20-8-4-7-17-15(20)19-12;1-5-18-13(17)8-11(16)10-6-7-12(15-9-10)14(2,3)4;5-4-6-2-1-3-7-4;2*1-2;;/h6-7,11H,5,8-9H2,1-4H3;6-7,10H,5,8-9H2,1-4H3;6-7,10-11H,5,8-9H2,1-4H3;5-6,9-10H,4,7-8H2,1-3H3,(H,17,19);6-7,9H,5,8H2,1-4H3;1-3H2,(H3,5,6,7);1H3;;1H;/q;;;;;;;-1;;+1. The van der Waals surface area contributed by atoms with Gasteiger partial charge in [0.15, 0.2) is 11.7 Å². The van der Waals surface area contributed by atoms with Gasteiger partial charge >= 0.3 is 23.0 Å². The fourth-order valence-electron chi connectivity index (χ4n) is 12.8. The van der Waals surface area contributed by atoms with Gasteiger partial charge in [-0.05, 0) is 121 Å². The molecule has 33 heteroatoms. The number of carbonyl (C=O) groups is 2. The summed E-state index contributed by atoms with van der Waals surface area (Å²) < 4.78 is 12.0. The molecule has 4 N–H and O–H groups in total. The van der Waals surface area contributed by atoms with E-state index in [1.165, 1.54) is 6.20 Å². The van der Waals surface area contributed by atoms with Crippen LogP contribution < -0.4 is 53.3 Å². The van der Waals surface area contributed by atoms with Gasteiger partial charge in [-0.3, -0.25) is 76.9 Å². The molecule has 0 spiro atoms. The fourth-order valence-corrected chi connectivity index (χ4v) is 13.3. The number of nitrogens with zero attached hydrogens (tertiary/aromatic N) is 19. The van der Waals surface area contributed by atoms with Gasteiger partial charge in [-0.1, -0.05) is 126 Å². The number of hydrogen-bond acceptors (Lipinski definition) is 25. The first kappa shape index (κ1) is 101. The number of nitriles is 1. The quantitative estimate of drug-likeness (QED) is 0.0242. The van der Waals surface area contributed by atoms with Crippen molar-refractivity contribution in [2.45, 2.75) is 203 Å². The van der Waals surface area contributed by atoms with Crippen LogP contribution in [-0.4, -0.2) is 153 Å². The van der Waals surface area contributed by atoms with Crippen LogP contribution in [0.1, 0.15) is 194 Å². The summed E-state index contributed by atoms with van der Waals surface area (Å²) in [4.78, 5) is 125. The Morgan fingerprint density at radius 1 is 0.512 bits per heavy atom. The second-order valence-electron chi connectivity index (χ2n) is 34.1. The van der Waals surface area contributed by atoms with E-state index in [0.717, 1.165) is 142 Å². The number of guanidine groups is 1. The number of esters is 1. The fraction of sp³-hybridized carbons (Fsp3) is 0.477. The third-order valence-electron chi connectivity index (χ3n) is 19.5. The number of ketones is 1. The van der Waals surface area contributed by atoms with Gasteiger partial charge in [-0.2, -0.15) is 5.26 Å². The normalized spacial score (nSPS) is 13.7. The van der Waals surface area contributed by atoms with E-state index in [-0.39, 0.29) is 103 Å². The molecule has 0 saturated heterocycles. The number of hydrogen-bond donors (Lipinski definition) is 3. The zero-order valence-corrected chi connectivity index (χ0v) is 78.7. The van der Waals surface area contributed by atoms with E-state index in [1.54, 1.807) is 62.0 Å². The molecule has 0 radical (unpaired) electrons. The average molecular weight is 1900 g/mol. The number of pyridine rings is 5. The minimum Gasteiger partial charge on any atom is -0.512 e. The van der Waals surface area contributed by atoms with Gasteiger partial charge in [0.2, 0.25) is 23.8 Å². The van der Waals surface area contributed by atoms with Gasteiger partial charge in [-0.25, -0.2) is 19.9 Å². The second-order valence-corrected chi connectivity index (χ2v) is 34.9. The number of halogens is 3. The number of alkyl halides is 1. The maximum Gasteiger partial charge on any atom is 1.00 e. The van der Waals surface area contributed by atoms with E-state index < -0.39 is 5.97 Å². The van der Waals surface area contributed by atoms with Crippen LogP contribution in [-0.2, 0) is 79.9 Å². The zero-order chi connectivity index (χ0) is 88.1. The number of rotatable bonds is 8. The Balaban J connectivity index is 0.000000260. The van der Waals surface area contributed by atoms with Crippen molar-refractivity contribution in [2.24, 2.45) is 10.7 Å². The van der Waals surface area contributed by atoms with E-state index in [0.29, 0.717) is 69.3 Å². The summed E-state index contributed by atoms with van der Waals surface area (Å²) in [6, 6.07) is 24.5. The third kappa shape index (κ3) is 27.4. The van der Waals surface area contributed by atoms with Gasteiger partial charge in [-0.15, -0.1) is 12.4 Å². The zero-order valence-electron chi connectivity index (χ0n) is 73.2. The largest absolute Gasteiger partial charge is 1.00 e. The van der Waals surface area contributed by atoms with Crippen molar-refractivity contribution in [3.8, 4) is 51.1 Å². The van der Waals surface area contributed by atoms with Gasteiger partial charge < -0.3 is 47.6 Å². The third-order valence-corrected chi connectivity index (χ3v) is 20.2. The molecule has 0 fully saturated rings. The van der Waals surface area contributed by atoms with Crippen molar-refractivity contribution in [3.63, 3.8) is 0 Å². The van der Waals surface area contributed by atoms with E-state index >= 15 is 0 Å². The van der Waals surface area contributed by atoms with E-state index in [9.17, 15) is 34.0 Å². The molecule has 0 saturated carbocycles. The Labute approximate surface area is 749 Å². The Hall–Kier alpha value is -10.1. The van der Waals surface area contributed by atoms with Crippen LogP contribution in [0, 0.1) is 23.2 Å². The Morgan fingerprint density at radius 2 is 0.893 bits per heavy atom. The van der Waals surface area contributed by atoms with Crippen molar-refractivity contribution >= 4 is 92.4 Å². The molecule has 0 amide bonds. The predicted octanol–water partition coefficient (Wildman–Crippen LogP) is 13.8. The van der Waals surface area contributed by atoms with Crippen LogP contribution in [0.3, 0.4) is 0 Å². The number of nitrogens with one attached hydrogen (secondary N) is 2. The molecule has 14 heterocycles. The Bertz CT molecular complexity index is 5310. The number of fused-ring (bicyclic) bond motifs is 4. The monoisotopic (exact) mass is 1900 g/mol. The first-order valence-corrected chi connectivity index (χ1v) is 42.7. The van der Waals surface area contributed by atoms with Crippen LogP contribution in [0.5, 0.6) is 0 Å². The van der Waals surface area contributed by atoms with Crippen molar-refractivity contribution < 1.29 is 31.4 Å². The summed E-state index contributed by atoms with van der Waals surface area (Å²) in [5, 5.41) is 21.8. The molecule has 121 heavy (non-hydrogen) atoms. The van der Waals surface area contributed by atoms with Gasteiger partial charge in [0, 0.05) is 213 Å². The Kier molecular flexibility index (Phi) is 37.8.